The minimum absolute atomic E-state index is 0.212. The quantitative estimate of drug-likeness (QED) is 0.477. The van der Waals surface area contributed by atoms with Crippen LogP contribution in [0.1, 0.15) is 18.6 Å². The molecule has 0 radical (unpaired) electrons. The van der Waals surface area contributed by atoms with E-state index in [1.165, 1.54) is 12.6 Å². The van der Waals surface area contributed by atoms with E-state index in [9.17, 15) is 9.59 Å². The second-order valence-electron chi connectivity index (χ2n) is 9.10. The molecule has 0 saturated carbocycles. The van der Waals surface area contributed by atoms with E-state index in [1.54, 1.807) is 23.2 Å². The molecule has 3 heterocycles. The Kier molecular flexibility index (Phi) is 7.60. The van der Waals surface area contributed by atoms with E-state index in [0.717, 1.165) is 37.6 Å². The molecule has 9 nitrogen and oxygen atoms in total. The molecule has 0 aliphatic carbocycles. The lowest BCUT2D eigenvalue weighted by Gasteiger charge is -2.36. The molecule has 1 aromatic heterocycles. The molecule has 37 heavy (non-hydrogen) atoms. The second-order valence-corrected chi connectivity index (χ2v) is 9.10. The van der Waals surface area contributed by atoms with Gasteiger partial charge in [-0.1, -0.05) is 42.5 Å². The number of hydrogen-bond acceptors (Lipinski definition) is 8. The van der Waals surface area contributed by atoms with Crippen molar-refractivity contribution in [2.24, 2.45) is 0 Å². The Bertz CT molecular complexity index is 1210. The molecule has 0 spiro atoms. The summed E-state index contributed by atoms with van der Waals surface area (Å²) in [6.45, 7) is 6.80. The summed E-state index contributed by atoms with van der Waals surface area (Å²) < 4.78 is 10.8. The van der Waals surface area contributed by atoms with Crippen molar-refractivity contribution in [3.63, 3.8) is 0 Å². The molecule has 3 aromatic rings. The number of morpholine rings is 1. The molecule has 1 amide bonds. The number of anilines is 2. The number of piperazine rings is 1. The number of amides is 1. The lowest BCUT2D eigenvalue weighted by atomic mass is 10.1. The fourth-order valence-corrected chi connectivity index (χ4v) is 4.67. The van der Waals surface area contributed by atoms with Crippen molar-refractivity contribution in [1.29, 1.82) is 0 Å². The first-order valence-corrected chi connectivity index (χ1v) is 12.6. The average molecular weight is 502 g/mol. The van der Waals surface area contributed by atoms with Gasteiger partial charge in [-0.25, -0.2) is 9.97 Å². The summed E-state index contributed by atoms with van der Waals surface area (Å²) >= 11 is 0. The molecular formula is C28H31N5O4. The number of nitrogens with zero attached hydrogens (tertiary/aromatic N) is 5. The number of benzene rings is 2. The van der Waals surface area contributed by atoms with E-state index in [1.807, 2.05) is 24.3 Å². The molecule has 2 aromatic carbocycles. The Hall–Kier alpha value is -3.98. The summed E-state index contributed by atoms with van der Waals surface area (Å²) in [6.07, 6.45) is 0.835. The highest BCUT2D eigenvalue weighted by molar-refractivity contribution is 5.85. The van der Waals surface area contributed by atoms with Crippen molar-refractivity contribution in [3.8, 4) is 11.3 Å². The average Bonchev–Trinajstić information content (AvgIpc) is 2.97. The van der Waals surface area contributed by atoms with Crippen LogP contribution in [0.25, 0.3) is 11.3 Å². The van der Waals surface area contributed by atoms with E-state index in [2.05, 4.69) is 39.0 Å². The molecule has 0 N–H and O–H groups in total. The molecule has 0 unspecified atom stereocenters. The van der Waals surface area contributed by atoms with Gasteiger partial charge in [-0.3, -0.25) is 9.59 Å². The molecule has 2 aliphatic rings. The molecule has 0 bridgehead atoms. The van der Waals surface area contributed by atoms with E-state index in [0.29, 0.717) is 37.7 Å². The molecule has 192 valence electrons. The van der Waals surface area contributed by atoms with Crippen LogP contribution in [0, 0.1) is 0 Å². The summed E-state index contributed by atoms with van der Waals surface area (Å²) in [6, 6.07) is 19.5. The fourth-order valence-electron chi connectivity index (χ4n) is 4.67. The number of rotatable bonds is 6. The van der Waals surface area contributed by atoms with Gasteiger partial charge in [0.25, 0.3) is 5.91 Å². The van der Waals surface area contributed by atoms with Crippen LogP contribution >= 0.6 is 0 Å². The van der Waals surface area contributed by atoms with Crippen LogP contribution in [0.3, 0.4) is 0 Å². The summed E-state index contributed by atoms with van der Waals surface area (Å²) in [5.74, 6) is -0.0541. The standard InChI is InChI=1S/C28H31N5O4/c1-21(34)37-26(23-5-3-2-4-6-23)27(35)32-13-15-33(16-14-32)28-29-12-11-25(30-28)22-7-9-24(10-8-22)31-17-19-36-20-18-31/h2-12,26H,13-20H2,1H3/t26-/m0/s1. The van der Waals surface area contributed by atoms with Crippen LogP contribution in [0.5, 0.6) is 0 Å². The van der Waals surface area contributed by atoms with E-state index >= 15 is 0 Å². The van der Waals surface area contributed by atoms with Crippen molar-refractivity contribution < 1.29 is 19.1 Å². The zero-order valence-electron chi connectivity index (χ0n) is 21.0. The summed E-state index contributed by atoms with van der Waals surface area (Å²) in [4.78, 5) is 40.4. The van der Waals surface area contributed by atoms with Gasteiger partial charge in [0, 0.05) is 69.2 Å². The highest BCUT2D eigenvalue weighted by Gasteiger charge is 2.31. The Morgan fingerprint density at radius 1 is 0.865 bits per heavy atom. The van der Waals surface area contributed by atoms with Gasteiger partial charge in [0.1, 0.15) is 0 Å². The summed E-state index contributed by atoms with van der Waals surface area (Å²) in [5.41, 5.74) is 3.74. The molecular weight excluding hydrogens is 470 g/mol. The maximum atomic E-state index is 13.2. The van der Waals surface area contributed by atoms with Gasteiger partial charge >= 0.3 is 5.97 Å². The second kappa shape index (κ2) is 11.4. The van der Waals surface area contributed by atoms with Gasteiger partial charge in [0.15, 0.2) is 0 Å². The van der Waals surface area contributed by atoms with Crippen LogP contribution in [0.4, 0.5) is 11.6 Å². The predicted octanol–water partition coefficient (Wildman–Crippen LogP) is 2.93. The number of hydrogen-bond donors (Lipinski definition) is 0. The third-order valence-corrected chi connectivity index (χ3v) is 6.67. The van der Waals surface area contributed by atoms with Crippen molar-refractivity contribution in [2.75, 3.05) is 62.3 Å². The Morgan fingerprint density at radius 2 is 1.57 bits per heavy atom. The zero-order valence-corrected chi connectivity index (χ0v) is 21.0. The highest BCUT2D eigenvalue weighted by atomic mass is 16.5. The SMILES string of the molecule is CC(=O)O[C@H](C(=O)N1CCN(c2nccc(-c3ccc(N4CCOCC4)cc3)n2)CC1)c1ccccc1. The monoisotopic (exact) mass is 501 g/mol. The molecule has 9 heteroatoms. The molecule has 2 fully saturated rings. The molecule has 2 aliphatic heterocycles. The van der Waals surface area contributed by atoms with Crippen LogP contribution in [-0.2, 0) is 19.1 Å². The lowest BCUT2D eigenvalue weighted by molar-refractivity contribution is -0.159. The number of ether oxygens (including phenoxy) is 2. The lowest BCUT2D eigenvalue weighted by Crippen LogP contribution is -2.50. The molecule has 2 saturated heterocycles. The zero-order chi connectivity index (χ0) is 25.6. The van der Waals surface area contributed by atoms with Crippen LogP contribution in [0.15, 0.2) is 66.9 Å². The minimum Gasteiger partial charge on any atom is -0.447 e. The van der Waals surface area contributed by atoms with Crippen molar-refractivity contribution in [3.05, 3.63) is 72.4 Å². The van der Waals surface area contributed by atoms with Gasteiger partial charge < -0.3 is 24.2 Å². The van der Waals surface area contributed by atoms with E-state index < -0.39 is 12.1 Å². The first kappa shape index (κ1) is 24.7. The van der Waals surface area contributed by atoms with Crippen molar-refractivity contribution in [1.82, 2.24) is 14.9 Å². The Balaban J connectivity index is 1.23. The summed E-state index contributed by atoms with van der Waals surface area (Å²) in [5, 5.41) is 0. The van der Waals surface area contributed by atoms with Crippen molar-refractivity contribution >= 4 is 23.5 Å². The predicted molar refractivity (Wildman–Crippen MR) is 140 cm³/mol. The number of esters is 1. The number of carbonyl (C=O) groups is 2. The maximum absolute atomic E-state index is 13.2. The number of aromatic nitrogens is 2. The molecule has 1 atom stereocenters. The van der Waals surface area contributed by atoms with Crippen LogP contribution < -0.4 is 9.80 Å². The highest BCUT2D eigenvalue weighted by Crippen LogP contribution is 2.25. The van der Waals surface area contributed by atoms with E-state index in [4.69, 9.17) is 14.5 Å². The third kappa shape index (κ3) is 5.89. The van der Waals surface area contributed by atoms with Gasteiger partial charge in [-0.2, -0.15) is 0 Å². The number of carbonyl (C=O) groups excluding carboxylic acids is 2. The first-order valence-electron chi connectivity index (χ1n) is 12.6. The third-order valence-electron chi connectivity index (χ3n) is 6.67. The maximum Gasteiger partial charge on any atom is 0.303 e. The fraction of sp³-hybridized carbons (Fsp3) is 0.357. The normalized spacial score (nSPS) is 16.8. The van der Waals surface area contributed by atoms with Crippen LogP contribution in [0.2, 0.25) is 0 Å². The van der Waals surface area contributed by atoms with Gasteiger partial charge in [-0.05, 0) is 18.2 Å². The van der Waals surface area contributed by atoms with Gasteiger partial charge in [0.05, 0.1) is 18.9 Å². The minimum atomic E-state index is -0.940. The van der Waals surface area contributed by atoms with Gasteiger partial charge in [0.2, 0.25) is 12.1 Å². The van der Waals surface area contributed by atoms with Crippen LogP contribution in [-0.4, -0.2) is 79.2 Å². The van der Waals surface area contributed by atoms with Gasteiger partial charge in [-0.15, -0.1) is 0 Å². The Labute approximate surface area is 216 Å². The first-order chi connectivity index (χ1) is 18.1. The van der Waals surface area contributed by atoms with Crippen molar-refractivity contribution in [2.45, 2.75) is 13.0 Å². The van der Waals surface area contributed by atoms with E-state index in [-0.39, 0.29) is 5.91 Å². The Morgan fingerprint density at radius 3 is 2.24 bits per heavy atom. The largest absolute Gasteiger partial charge is 0.447 e. The molecule has 5 rings (SSSR count). The smallest absolute Gasteiger partial charge is 0.303 e. The summed E-state index contributed by atoms with van der Waals surface area (Å²) in [7, 11) is 0. The topological polar surface area (TPSA) is 88.1 Å².